The van der Waals surface area contributed by atoms with Crippen molar-refractivity contribution in [2.75, 3.05) is 18.5 Å². The molecule has 0 atom stereocenters. The summed E-state index contributed by atoms with van der Waals surface area (Å²) >= 11 is 6.01. The summed E-state index contributed by atoms with van der Waals surface area (Å²) in [6.07, 6.45) is -1.68. The van der Waals surface area contributed by atoms with Gasteiger partial charge in [0.05, 0.1) is 22.0 Å². The van der Waals surface area contributed by atoms with Gasteiger partial charge in [0.1, 0.15) is 30.6 Å². The number of alkyl halides is 3. The van der Waals surface area contributed by atoms with E-state index in [-0.39, 0.29) is 16.3 Å². The highest BCUT2D eigenvalue weighted by Crippen LogP contribution is 2.36. The van der Waals surface area contributed by atoms with Crippen molar-refractivity contribution in [2.24, 2.45) is 0 Å². The largest absolute Gasteiger partial charge is 0.486 e. The summed E-state index contributed by atoms with van der Waals surface area (Å²) in [6, 6.07) is 18.8. The molecule has 1 amide bonds. The Morgan fingerprint density at radius 1 is 1.05 bits per heavy atom. The van der Waals surface area contributed by atoms with E-state index in [1.165, 1.54) is 6.08 Å². The average Bonchev–Trinajstić information content (AvgIpc) is 3.36. The molecule has 0 spiro atoms. The van der Waals surface area contributed by atoms with Crippen LogP contribution in [0.5, 0.6) is 11.5 Å². The maximum absolute atomic E-state index is 13.2. The van der Waals surface area contributed by atoms with Gasteiger partial charge in [-0.25, -0.2) is 4.68 Å². The quantitative estimate of drug-likeness (QED) is 0.225. The first kappa shape index (κ1) is 25.9. The third-order valence-corrected chi connectivity index (χ3v) is 6.12. The van der Waals surface area contributed by atoms with Gasteiger partial charge in [0.15, 0.2) is 11.5 Å². The molecule has 0 bridgehead atoms. The number of anilines is 1. The fourth-order valence-electron chi connectivity index (χ4n) is 3.91. The van der Waals surface area contributed by atoms with Gasteiger partial charge in [-0.3, -0.25) is 4.79 Å². The van der Waals surface area contributed by atoms with Crippen molar-refractivity contribution in [3.05, 3.63) is 94.6 Å². The average molecular weight is 551 g/mol. The summed E-state index contributed by atoms with van der Waals surface area (Å²) in [6.45, 7) is 0.817. The molecule has 11 heteroatoms. The van der Waals surface area contributed by atoms with Crippen LogP contribution in [0.15, 0.2) is 78.5 Å². The van der Waals surface area contributed by atoms with Crippen LogP contribution in [0, 0.1) is 11.3 Å². The Labute approximate surface area is 225 Å². The molecule has 0 radical (unpaired) electrons. The zero-order valence-corrected chi connectivity index (χ0v) is 20.8. The molecule has 1 N–H and O–H groups in total. The second kappa shape index (κ2) is 10.6. The number of carbonyl (C=O) groups excluding carboxylic acids is 1. The molecule has 196 valence electrons. The molecule has 1 aliphatic rings. The lowest BCUT2D eigenvalue weighted by Gasteiger charge is -2.18. The van der Waals surface area contributed by atoms with Gasteiger partial charge in [0, 0.05) is 17.3 Å². The number of rotatable bonds is 5. The summed E-state index contributed by atoms with van der Waals surface area (Å²) < 4.78 is 52.3. The van der Waals surface area contributed by atoms with Crippen molar-refractivity contribution in [1.82, 2.24) is 9.78 Å². The number of nitrogens with one attached hydrogen (secondary N) is 1. The number of hydrogen-bond donors (Lipinski definition) is 1. The van der Waals surface area contributed by atoms with Gasteiger partial charge >= 0.3 is 6.18 Å². The van der Waals surface area contributed by atoms with Gasteiger partial charge in [0.2, 0.25) is 0 Å². The standard InChI is InChI=1S/C28H18ClF3N4O3/c29-22-8-7-20(28(30,31)32)14-23(22)34-27(37)18(15-33)12-19-16-36(21-4-2-1-3-5-21)35-26(19)17-6-9-24-25(13-17)39-11-10-38-24/h1-9,12-14,16H,10-11H2,(H,34,37). The minimum Gasteiger partial charge on any atom is -0.486 e. The van der Waals surface area contributed by atoms with E-state index in [9.17, 15) is 23.2 Å². The monoisotopic (exact) mass is 550 g/mol. The molecule has 4 aromatic rings. The Morgan fingerprint density at radius 2 is 1.79 bits per heavy atom. The summed E-state index contributed by atoms with van der Waals surface area (Å²) in [7, 11) is 0. The normalized spacial score (nSPS) is 13.1. The molecule has 39 heavy (non-hydrogen) atoms. The fourth-order valence-corrected chi connectivity index (χ4v) is 4.08. The van der Waals surface area contributed by atoms with Crippen LogP contribution in [0.1, 0.15) is 11.1 Å². The first-order chi connectivity index (χ1) is 18.7. The van der Waals surface area contributed by atoms with Crippen molar-refractivity contribution in [2.45, 2.75) is 6.18 Å². The van der Waals surface area contributed by atoms with E-state index in [4.69, 9.17) is 21.1 Å². The molecule has 0 saturated carbocycles. The number of hydrogen-bond acceptors (Lipinski definition) is 5. The minimum absolute atomic E-state index is 0.109. The van der Waals surface area contributed by atoms with Gasteiger partial charge in [0.25, 0.3) is 5.91 Å². The first-order valence-electron chi connectivity index (χ1n) is 11.6. The summed E-state index contributed by atoms with van der Waals surface area (Å²) in [5.74, 6) is 0.180. The molecule has 3 aromatic carbocycles. The lowest BCUT2D eigenvalue weighted by Crippen LogP contribution is -2.15. The zero-order valence-electron chi connectivity index (χ0n) is 20.0. The second-order valence-electron chi connectivity index (χ2n) is 8.39. The predicted octanol–water partition coefficient (Wildman–Crippen LogP) is 6.53. The molecular weight excluding hydrogens is 533 g/mol. The Kier molecular flexibility index (Phi) is 7.00. The Bertz CT molecular complexity index is 1630. The minimum atomic E-state index is -4.64. The first-order valence-corrected chi connectivity index (χ1v) is 12.0. The smallest absolute Gasteiger partial charge is 0.416 e. The topological polar surface area (TPSA) is 89.2 Å². The van der Waals surface area contributed by atoms with Crippen LogP contribution in [0.3, 0.4) is 0 Å². The van der Waals surface area contributed by atoms with Crippen LogP contribution >= 0.6 is 11.6 Å². The number of para-hydroxylation sites is 1. The molecule has 0 aliphatic carbocycles. The molecule has 0 saturated heterocycles. The van der Waals surface area contributed by atoms with Crippen LogP contribution in [-0.2, 0) is 11.0 Å². The van der Waals surface area contributed by atoms with E-state index >= 15 is 0 Å². The highest BCUT2D eigenvalue weighted by atomic mass is 35.5. The molecule has 0 unspecified atom stereocenters. The molecule has 7 nitrogen and oxygen atoms in total. The van der Waals surface area contributed by atoms with E-state index in [0.717, 1.165) is 17.8 Å². The summed E-state index contributed by atoms with van der Waals surface area (Å²) in [5.41, 5.74) is 0.591. The highest BCUT2D eigenvalue weighted by Gasteiger charge is 2.31. The predicted molar refractivity (Wildman–Crippen MR) is 139 cm³/mol. The van der Waals surface area contributed by atoms with Crippen molar-refractivity contribution in [1.29, 1.82) is 5.26 Å². The van der Waals surface area contributed by atoms with Crippen LogP contribution in [0.25, 0.3) is 23.0 Å². The molecule has 1 aromatic heterocycles. The zero-order chi connectivity index (χ0) is 27.6. The van der Waals surface area contributed by atoms with Crippen LogP contribution in [0.2, 0.25) is 5.02 Å². The van der Waals surface area contributed by atoms with Gasteiger partial charge in [-0.15, -0.1) is 0 Å². The molecular formula is C28H18ClF3N4O3. The van der Waals surface area contributed by atoms with Crippen LogP contribution in [0.4, 0.5) is 18.9 Å². The number of ether oxygens (including phenoxy) is 2. The van der Waals surface area contributed by atoms with Gasteiger partial charge < -0.3 is 14.8 Å². The number of halogens is 4. The maximum Gasteiger partial charge on any atom is 0.416 e. The number of fused-ring (bicyclic) bond motifs is 1. The molecule has 5 rings (SSSR count). The molecule has 2 heterocycles. The second-order valence-corrected chi connectivity index (χ2v) is 8.80. The van der Waals surface area contributed by atoms with Crippen LogP contribution < -0.4 is 14.8 Å². The van der Waals surface area contributed by atoms with E-state index in [0.29, 0.717) is 47.6 Å². The Balaban J connectivity index is 1.54. The van der Waals surface area contributed by atoms with E-state index in [1.807, 2.05) is 36.4 Å². The van der Waals surface area contributed by atoms with Crippen molar-refractivity contribution in [3.8, 4) is 34.5 Å². The van der Waals surface area contributed by atoms with Crippen molar-refractivity contribution < 1.29 is 27.4 Å². The van der Waals surface area contributed by atoms with Gasteiger partial charge in [-0.05, 0) is 54.6 Å². The number of benzene rings is 3. The fraction of sp³-hybridized carbons (Fsp3) is 0.107. The van der Waals surface area contributed by atoms with Crippen molar-refractivity contribution in [3.63, 3.8) is 0 Å². The SMILES string of the molecule is N#CC(=Cc1cn(-c2ccccc2)nc1-c1ccc2c(c1)OCCO2)C(=O)Nc1cc(C(F)(F)F)ccc1Cl. The number of carbonyl (C=O) groups is 1. The maximum atomic E-state index is 13.2. The lowest BCUT2D eigenvalue weighted by molar-refractivity contribution is -0.137. The lowest BCUT2D eigenvalue weighted by atomic mass is 10.0. The third-order valence-electron chi connectivity index (χ3n) is 5.79. The van der Waals surface area contributed by atoms with E-state index in [1.54, 1.807) is 29.1 Å². The van der Waals surface area contributed by atoms with E-state index in [2.05, 4.69) is 10.4 Å². The highest BCUT2D eigenvalue weighted by molar-refractivity contribution is 6.34. The van der Waals surface area contributed by atoms with Crippen LogP contribution in [-0.4, -0.2) is 28.9 Å². The van der Waals surface area contributed by atoms with Gasteiger partial charge in [-0.2, -0.15) is 23.5 Å². The Morgan fingerprint density at radius 3 is 2.51 bits per heavy atom. The summed E-state index contributed by atoms with van der Waals surface area (Å²) in [5, 5.41) is 16.6. The van der Waals surface area contributed by atoms with Crippen molar-refractivity contribution >= 4 is 29.3 Å². The number of nitriles is 1. The number of aromatic nitrogens is 2. The van der Waals surface area contributed by atoms with Gasteiger partial charge in [-0.1, -0.05) is 29.8 Å². The summed E-state index contributed by atoms with van der Waals surface area (Å²) in [4.78, 5) is 13.0. The molecule has 1 aliphatic heterocycles. The number of nitrogens with zero attached hydrogens (tertiary/aromatic N) is 3. The number of amides is 1. The molecule has 0 fully saturated rings. The van der Waals surface area contributed by atoms with E-state index < -0.39 is 17.6 Å². The third kappa shape index (κ3) is 5.58. The Hall–Kier alpha value is -4.75.